The van der Waals surface area contributed by atoms with E-state index in [1.165, 1.54) is 42.7 Å². The molecule has 1 aromatic heterocycles. The number of rotatable bonds is 9. The molecule has 0 aliphatic rings. The third-order valence-electron chi connectivity index (χ3n) is 4.59. The van der Waals surface area contributed by atoms with E-state index in [-0.39, 0.29) is 29.2 Å². The van der Waals surface area contributed by atoms with Gasteiger partial charge in [0.05, 0.1) is 32.4 Å². The van der Waals surface area contributed by atoms with E-state index in [4.69, 9.17) is 4.74 Å². The molecule has 0 radical (unpaired) electrons. The first-order valence-corrected chi connectivity index (χ1v) is 12.0. The number of carbonyl (C=O) groups is 1. The number of carbonyl (C=O) groups excluding carboxylic acids is 1. The van der Waals surface area contributed by atoms with Crippen LogP contribution in [0.4, 0.5) is 10.1 Å². The van der Waals surface area contributed by atoms with E-state index in [1.807, 2.05) is 0 Å². The van der Waals surface area contributed by atoms with E-state index in [0.29, 0.717) is 23.5 Å². The van der Waals surface area contributed by atoms with Crippen LogP contribution in [-0.4, -0.2) is 43.3 Å². The van der Waals surface area contributed by atoms with Crippen LogP contribution in [0.5, 0.6) is 0 Å². The summed E-state index contributed by atoms with van der Waals surface area (Å²) in [6.07, 6.45) is -0.0461. The number of hydrogen-bond donors (Lipinski definition) is 0. The topological polar surface area (TPSA) is 121 Å². The van der Waals surface area contributed by atoms with Gasteiger partial charge in [-0.05, 0) is 36.8 Å². The molecule has 9 nitrogen and oxygen atoms in total. The van der Waals surface area contributed by atoms with Gasteiger partial charge >= 0.3 is 0 Å². The van der Waals surface area contributed by atoms with Gasteiger partial charge in [0.1, 0.15) is 5.82 Å². The first-order chi connectivity index (χ1) is 15.2. The number of methoxy groups -OCH3 is 1. The van der Waals surface area contributed by atoms with E-state index in [2.05, 4.69) is 4.99 Å². The minimum atomic E-state index is -3.64. The average Bonchev–Trinajstić information content (AvgIpc) is 3.08. The lowest BCUT2D eigenvalue weighted by molar-refractivity contribution is -0.384. The normalized spacial score (nSPS) is 12.4. The maximum Gasteiger partial charge on any atom is 0.271 e. The van der Waals surface area contributed by atoms with Crippen molar-refractivity contribution in [3.8, 4) is 0 Å². The summed E-state index contributed by atoms with van der Waals surface area (Å²) in [5.41, 5.74) is 0.483. The second kappa shape index (κ2) is 10.1. The van der Waals surface area contributed by atoms with Gasteiger partial charge in [-0.1, -0.05) is 11.3 Å². The lowest BCUT2D eigenvalue weighted by Crippen LogP contribution is -2.19. The van der Waals surface area contributed by atoms with Gasteiger partial charge in [0.2, 0.25) is 5.91 Å². The predicted octanol–water partition coefficient (Wildman–Crippen LogP) is 3.08. The summed E-state index contributed by atoms with van der Waals surface area (Å²) in [7, 11) is -2.13. The minimum absolute atomic E-state index is 0.00760. The fraction of sp³-hybridized carbons (Fsp3) is 0.300. The number of non-ortho nitro benzene ring substituents is 1. The first kappa shape index (κ1) is 23.7. The zero-order valence-electron chi connectivity index (χ0n) is 17.1. The average molecular weight is 482 g/mol. The first-order valence-electron chi connectivity index (χ1n) is 9.54. The molecule has 3 rings (SSSR count). The van der Waals surface area contributed by atoms with Crippen molar-refractivity contribution in [2.24, 2.45) is 4.99 Å². The largest absolute Gasteiger partial charge is 0.383 e. The van der Waals surface area contributed by atoms with Crippen LogP contribution in [0, 0.1) is 15.9 Å². The van der Waals surface area contributed by atoms with Crippen LogP contribution in [0.3, 0.4) is 0 Å². The minimum Gasteiger partial charge on any atom is -0.383 e. The van der Waals surface area contributed by atoms with Gasteiger partial charge in [0.15, 0.2) is 14.6 Å². The monoisotopic (exact) mass is 481 g/mol. The molecule has 1 amide bonds. The number of ether oxygens (including phenoxy) is 1. The van der Waals surface area contributed by atoms with Crippen molar-refractivity contribution in [1.29, 1.82) is 0 Å². The smallest absolute Gasteiger partial charge is 0.271 e. The Morgan fingerprint density at radius 2 is 1.97 bits per heavy atom. The van der Waals surface area contributed by atoms with Crippen molar-refractivity contribution in [3.05, 3.63) is 63.2 Å². The van der Waals surface area contributed by atoms with Crippen LogP contribution in [0.15, 0.2) is 52.4 Å². The number of sulfone groups is 1. The molecular weight excluding hydrogens is 461 g/mol. The maximum atomic E-state index is 13.0. The van der Waals surface area contributed by atoms with Crippen molar-refractivity contribution in [2.75, 3.05) is 19.5 Å². The van der Waals surface area contributed by atoms with Gasteiger partial charge in [0.25, 0.3) is 5.69 Å². The van der Waals surface area contributed by atoms with Gasteiger partial charge in [0, 0.05) is 32.2 Å². The van der Waals surface area contributed by atoms with Crippen molar-refractivity contribution in [2.45, 2.75) is 24.3 Å². The number of nitro benzene ring substituents is 1. The Hall–Kier alpha value is -2.96. The molecule has 0 saturated heterocycles. The van der Waals surface area contributed by atoms with Crippen LogP contribution in [0.1, 0.15) is 12.8 Å². The Morgan fingerprint density at radius 1 is 1.25 bits per heavy atom. The Labute approximate surface area is 186 Å². The number of benzene rings is 2. The van der Waals surface area contributed by atoms with Crippen LogP contribution in [0.25, 0.3) is 10.2 Å². The van der Waals surface area contributed by atoms with Crippen LogP contribution in [0.2, 0.25) is 0 Å². The highest BCUT2D eigenvalue weighted by molar-refractivity contribution is 7.91. The SMILES string of the molecule is COCCn1c(=NC(=O)CCCS(=O)(=O)c2ccc(F)cc2)sc2ccc([N+](=O)[O-])cc21. The number of nitro groups is 1. The van der Waals surface area contributed by atoms with E-state index in [1.54, 1.807) is 10.6 Å². The van der Waals surface area contributed by atoms with Crippen molar-refractivity contribution < 1.29 is 27.3 Å². The van der Waals surface area contributed by atoms with Crippen molar-refractivity contribution >= 4 is 43.0 Å². The fourth-order valence-electron chi connectivity index (χ4n) is 2.99. The maximum absolute atomic E-state index is 13.0. The van der Waals surface area contributed by atoms with Crippen LogP contribution < -0.4 is 4.80 Å². The van der Waals surface area contributed by atoms with Gasteiger partial charge in [-0.3, -0.25) is 14.9 Å². The molecule has 0 saturated carbocycles. The van der Waals surface area contributed by atoms with E-state index in [0.717, 1.165) is 16.8 Å². The highest BCUT2D eigenvalue weighted by atomic mass is 32.2. The van der Waals surface area contributed by atoms with Crippen LogP contribution >= 0.6 is 11.3 Å². The molecule has 0 N–H and O–H groups in total. The highest BCUT2D eigenvalue weighted by Crippen LogP contribution is 2.23. The molecule has 0 aliphatic carbocycles. The van der Waals surface area contributed by atoms with Gasteiger partial charge < -0.3 is 9.30 Å². The number of nitrogens with zero attached hydrogens (tertiary/aromatic N) is 3. The zero-order valence-corrected chi connectivity index (χ0v) is 18.7. The molecule has 3 aromatic rings. The second-order valence-corrected chi connectivity index (χ2v) is 9.94. The molecule has 0 bridgehead atoms. The van der Waals surface area contributed by atoms with Crippen LogP contribution in [-0.2, 0) is 25.9 Å². The van der Waals surface area contributed by atoms with E-state index in [9.17, 15) is 27.7 Å². The number of hydrogen-bond acceptors (Lipinski definition) is 7. The fourth-order valence-corrected chi connectivity index (χ4v) is 5.36. The molecule has 12 heteroatoms. The summed E-state index contributed by atoms with van der Waals surface area (Å²) in [6.45, 7) is 0.647. The molecule has 0 aliphatic heterocycles. The van der Waals surface area contributed by atoms with E-state index < -0.39 is 26.5 Å². The summed E-state index contributed by atoms with van der Waals surface area (Å²) in [5, 5.41) is 11.1. The summed E-state index contributed by atoms with van der Waals surface area (Å²) in [4.78, 5) is 27.4. The summed E-state index contributed by atoms with van der Waals surface area (Å²) < 4.78 is 45.1. The number of fused-ring (bicyclic) bond motifs is 1. The molecule has 0 atom stereocenters. The third kappa shape index (κ3) is 5.64. The lowest BCUT2D eigenvalue weighted by Gasteiger charge is -2.04. The quantitative estimate of drug-likeness (QED) is 0.263. The molecular formula is C20H20FN3O6S2. The Balaban J connectivity index is 1.79. The predicted molar refractivity (Wildman–Crippen MR) is 117 cm³/mol. The summed E-state index contributed by atoms with van der Waals surface area (Å²) in [6, 6.07) is 8.90. The third-order valence-corrected chi connectivity index (χ3v) is 7.47. The van der Waals surface area contributed by atoms with E-state index >= 15 is 0 Å². The second-order valence-electron chi connectivity index (χ2n) is 6.82. The Bertz CT molecular complexity index is 1310. The molecule has 2 aromatic carbocycles. The highest BCUT2D eigenvalue weighted by Gasteiger charge is 2.16. The summed E-state index contributed by atoms with van der Waals surface area (Å²) in [5.74, 6) is -1.32. The Morgan fingerprint density at radius 3 is 2.62 bits per heavy atom. The molecule has 170 valence electrons. The zero-order chi connectivity index (χ0) is 23.3. The molecule has 0 unspecified atom stereocenters. The van der Waals surface area contributed by atoms with Gasteiger partial charge in [-0.2, -0.15) is 4.99 Å². The Kier molecular flexibility index (Phi) is 7.48. The summed E-state index contributed by atoms with van der Waals surface area (Å²) >= 11 is 1.20. The standard InChI is InChI=1S/C20H20FN3O6S2/c1-30-11-10-23-17-13-15(24(26)27)6-9-18(17)31-20(23)22-19(25)3-2-12-32(28,29)16-7-4-14(21)5-8-16/h4-9,13H,2-3,10-12H2,1H3. The lowest BCUT2D eigenvalue weighted by atomic mass is 10.3. The van der Waals surface area contributed by atoms with Gasteiger partial charge in [-0.25, -0.2) is 12.8 Å². The number of halogens is 1. The number of amides is 1. The molecule has 32 heavy (non-hydrogen) atoms. The van der Waals surface area contributed by atoms with Crippen molar-refractivity contribution in [1.82, 2.24) is 4.57 Å². The van der Waals surface area contributed by atoms with Crippen molar-refractivity contribution in [3.63, 3.8) is 0 Å². The molecule has 0 fully saturated rings. The molecule has 1 heterocycles. The molecule has 0 spiro atoms. The van der Waals surface area contributed by atoms with Gasteiger partial charge in [-0.15, -0.1) is 0 Å². The number of aromatic nitrogens is 1. The number of thiazole rings is 1.